The van der Waals surface area contributed by atoms with Gasteiger partial charge in [-0.1, -0.05) is 16.9 Å². The molecule has 26 heavy (non-hydrogen) atoms. The molecule has 0 saturated carbocycles. The second kappa shape index (κ2) is 6.91. The molecule has 134 valence electrons. The van der Waals surface area contributed by atoms with Crippen LogP contribution >= 0.6 is 11.8 Å². The summed E-state index contributed by atoms with van der Waals surface area (Å²) in [7, 11) is 0. The fourth-order valence-electron chi connectivity index (χ4n) is 3.08. The Morgan fingerprint density at radius 1 is 1.31 bits per heavy atom. The number of amides is 1. The van der Waals surface area contributed by atoms with Crippen LogP contribution in [0.5, 0.6) is 0 Å². The lowest BCUT2D eigenvalue weighted by Crippen LogP contribution is -2.14. The smallest absolute Gasteiger partial charge is 0.236 e. The number of aryl methyl sites for hydroxylation is 2. The average molecular weight is 370 g/mol. The predicted molar refractivity (Wildman–Crippen MR) is 96.5 cm³/mol. The van der Waals surface area contributed by atoms with Crippen LogP contribution in [0.4, 0.5) is 5.82 Å². The third-order valence-electron chi connectivity index (χ3n) is 4.22. The number of hydrogen-bond donors (Lipinski definition) is 1. The van der Waals surface area contributed by atoms with E-state index in [9.17, 15) is 4.79 Å². The summed E-state index contributed by atoms with van der Waals surface area (Å²) in [6.07, 6.45) is 4.76. The van der Waals surface area contributed by atoms with Crippen molar-refractivity contribution in [2.75, 3.05) is 11.1 Å². The minimum atomic E-state index is -0.167. The second-order valence-electron chi connectivity index (χ2n) is 6.15. The lowest BCUT2D eigenvalue weighted by atomic mass is 10.2. The van der Waals surface area contributed by atoms with E-state index in [1.54, 1.807) is 13.0 Å². The molecule has 3 aromatic heterocycles. The SMILES string of the molecule is Cc1cc(NC(=O)CSc2cc(-n3nc(C)c4c3CCC4)ncn2)no1. The molecule has 8 nitrogen and oxygen atoms in total. The highest BCUT2D eigenvalue weighted by atomic mass is 32.2. The highest BCUT2D eigenvalue weighted by Crippen LogP contribution is 2.27. The van der Waals surface area contributed by atoms with Crippen LogP contribution in [0.1, 0.15) is 29.1 Å². The summed E-state index contributed by atoms with van der Waals surface area (Å²) in [4.78, 5) is 20.6. The zero-order valence-corrected chi connectivity index (χ0v) is 15.3. The Morgan fingerprint density at radius 3 is 3.00 bits per heavy atom. The van der Waals surface area contributed by atoms with E-state index < -0.39 is 0 Å². The molecule has 4 rings (SSSR count). The number of anilines is 1. The molecule has 1 N–H and O–H groups in total. The monoisotopic (exact) mass is 370 g/mol. The Labute approximate surface area is 154 Å². The van der Waals surface area contributed by atoms with Crippen molar-refractivity contribution in [2.45, 2.75) is 38.1 Å². The molecule has 0 spiro atoms. The molecule has 1 aliphatic carbocycles. The van der Waals surface area contributed by atoms with Gasteiger partial charge in [0, 0.05) is 17.8 Å². The first-order valence-electron chi connectivity index (χ1n) is 8.36. The van der Waals surface area contributed by atoms with Gasteiger partial charge in [0.15, 0.2) is 11.6 Å². The maximum atomic E-state index is 12.0. The number of carbonyl (C=O) groups is 1. The van der Waals surface area contributed by atoms with Gasteiger partial charge in [-0.15, -0.1) is 0 Å². The first kappa shape index (κ1) is 16.8. The molecule has 9 heteroatoms. The topological polar surface area (TPSA) is 98.7 Å². The van der Waals surface area contributed by atoms with Gasteiger partial charge in [0.05, 0.1) is 11.4 Å². The molecule has 0 unspecified atom stereocenters. The van der Waals surface area contributed by atoms with Crippen LogP contribution in [0.15, 0.2) is 28.0 Å². The Kier molecular flexibility index (Phi) is 4.46. The summed E-state index contributed by atoms with van der Waals surface area (Å²) in [5.74, 6) is 1.86. The van der Waals surface area contributed by atoms with Crippen molar-refractivity contribution in [1.82, 2.24) is 24.9 Å². The lowest BCUT2D eigenvalue weighted by molar-refractivity contribution is -0.113. The van der Waals surface area contributed by atoms with Crippen LogP contribution in [0.25, 0.3) is 5.82 Å². The van der Waals surface area contributed by atoms with E-state index in [1.165, 1.54) is 29.3 Å². The van der Waals surface area contributed by atoms with Crippen molar-refractivity contribution < 1.29 is 9.32 Å². The van der Waals surface area contributed by atoms with Gasteiger partial charge in [-0.05, 0) is 38.7 Å². The zero-order valence-electron chi connectivity index (χ0n) is 14.5. The highest BCUT2D eigenvalue weighted by molar-refractivity contribution is 7.99. The Morgan fingerprint density at radius 2 is 2.19 bits per heavy atom. The van der Waals surface area contributed by atoms with Crippen LogP contribution in [0.3, 0.4) is 0 Å². The molecule has 1 amide bonds. The van der Waals surface area contributed by atoms with Crippen LogP contribution in [0.2, 0.25) is 0 Å². The minimum absolute atomic E-state index is 0.167. The third-order valence-corrected chi connectivity index (χ3v) is 5.15. The summed E-state index contributed by atoms with van der Waals surface area (Å²) in [6, 6.07) is 3.54. The van der Waals surface area contributed by atoms with Crippen molar-refractivity contribution in [2.24, 2.45) is 0 Å². The number of thioether (sulfide) groups is 1. The van der Waals surface area contributed by atoms with Crippen molar-refractivity contribution in [1.29, 1.82) is 0 Å². The molecule has 0 bridgehead atoms. The first-order valence-corrected chi connectivity index (χ1v) is 9.34. The zero-order chi connectivity index (χ0) is 18.1. The van der Waals surface area contributed by atoms with E-state index in [2.05, 4.69) is 25.5 Å². The number of aromatic nitrogens is 5. The van der Waals surface area contributed by atoms with Crippen LogP contribution in [-0.2, 0) is 17.6 Å². The van der Waals surface area contributed by atoms with Gasteiger partial charge in [-0.3, -0.25) is 4.79 Å². The fourth-order valence-corrected chi connectivity index (χ4v) is 3.74. The standard InChI is InChI=1S/C17H18N6O2S/c1-10-6-14(22-25-10)20-16(24)8-26-17-7-15(18-9-19-17)23-13-5-3-4-12(13)11(2)21-23/h6-7,9H,3-5,8H2,1-2H3,(H,20,22,24). The van der Waals surface area contributed by atoms with Gasteiger partial charge in [-0.2, -0.15) is 5.10 Å². The van der Waals surface area contributed by atoms with Gasteiger partial charge < -0.3 is 9.84 Å². The summed E-state index contributed by atoms with van der Waals surface area (Å²) in [5.41, 5.74) is 3.63. The van der Waals surface area contributed by atoms with Crippen LogP contribution < -0.4 is 5.32 Å². The largest absolute Gasteiger partial charge is 0.360 e. The van der Waals surface area contributed by atoms with Crippen molar-refractivity contribution in [3.8, 4) is 5.82 Å². The molecular formula is C17H18N6O2S. The third kappa shape index (κ3) is 3.34. The number of nitrogens with zero attached hydrogens (tertiary/aromatic N) is 5. The first-order chi connectivity index (χ1) is 12.6. The van der Waals surface area contributed by atoms with E-state index >= 15 is 0 Å². The van der Waals surface area contributed by atoms with Gasteiger partial charge in [0.1, 0.15) is 17.1 Å². The number of nitrogens with one attached hydrogen (secondary N) is 1. The van der Waals surface area contributed by atoms with Crippen LogP contribution in [-0.4, -0.2) is 36.6 Å². The molecule has 0 saturated heterocycles. The maximum Gasteiger partial charge on any atom is 0.236 e. The summed E-state index contributed by atoms with van der Waals surface area (Å²) < 4.78 is 6.83. The molecule has 1 aliphatic rings. The molecule has 0 atom stereocenters. The lowest BCUT2D eigenvalue weighted by Gasteiger charge is -2.06. The molecular weight excluding hydrogens is 352 g/mol. The van der Waals surface area contributed by atoms with Gasteiger partial charge in [-0.25, -0.2) is 14.6 Å². The molecule has 0 fully saturated rings. The normalized spacial score (nSPS) is 13.0. The molecule has 0 aromatic carbocycles. The Hall–Kier alpha value is -2.68. The molecule has 3 aromatic rings. The van der Waals surface area contributed by atoms with Gasteiger partial charge in [0.25, 0.3) is 0 Å². The van der Waals surface area contributed by atoms with E-state index in [0.29, 0.717) is 11.6 Å². The van der Waals surface area contributed by atoms with Gasteiger partial charge in [0.2, 0.25) is 5.91 Å². The van der Waals surface area contributed by atoms with E-state index in [4.69, 9.17) is 4.52 Å². The summed E-state index contributed by atoms with van der Waals surface area (Å²) in [5, 5.41) is 11.8. The quantitative estimate of drug-likeness (QED) is 0.544. The molecule has 3 heterocycles. The molecule has 0 aliphatic heterocycles. The second-order valence-corrected chi connectivity index (χ2v) is 7.15. The van der Waals surface area contributed by atoms with Crippen LogP contribution in [0, 0.1) is 13.8 Å². The van der Waals surface area contributed by atoms with Crippen molar-refractivity contribution in [3.05, 3.63) is 41.2 Å². The van der Waals surface area contributed by atoms with E-state index in [1.807, 2.05) is 17.7 Å². The predicted octanol–water partition coefficient (Wildman–Crippen LogP) is 2.49. The number of rotatable bonds is 5. The van der Waals surface area contributed by atoms with E-state index in [0.717, 1.165) is 35.8 Å². The minimum Gasteiger partial charge on any atom is -0.360 e. The summed E-state index contributed by atoms with van der Waals surface area (Å²) in [6.45, 7) is 3.81. The summed E-state index contributed by atoms with van der Waals surface area (Å²) >= 11 is 1.34. The van der Waals surface area contributed by atoms with Crippen molar-refractivity contribution in [3.63, 3.8) is 0 Å². The average Bonchev–Trinajstić information content (AvgIpc) is 3.33. The number of fused-ring (bicyclic) bond motifs is 1. The fraction of sp³-hybridized carbons (Fsp3) is 0.353. The molecule has 0 radical (unpaired) electrons. The maximum absolute atomic E-state index is 12.0. The number of carbonyl (C=O) groups excluding carboxylic acids is 1. The van der Waals surface area contributed by atoms with Crippen molar-refractivity contribution >= 4 is 23.5 Å². The Balaban J connectivity index is 1.45. The highest BCUT2D eigenvalue weighted by Gasteiger charge is 2.21. The van der Waals surface area contributed by atoms with E-state index in [-0.39, 0.29) is 11.7 Å². The Bertz CT molecular complexity index is 964. The van der Waals surface area contributed by atoms with Gasteiger partial charge >= 0.3 is 0 Å². The number of hydrogen-bond acceptors (Lipinski definition) is 7.